The average molecular weight is 785 g/mol. The second-order valence-corrected chi connectivity index (χ2v) is 15.6. The molecule has 0 saturated heterocycles. The van der Waals surface area contributed by atoms with Gasteiger partial charge in [0.25, 0.3) is 5.91 Å². The summed E-state index contributed by atoms with van der Waals surface area (Å²) in [6.07, 6.45) is 1.84. The summed E-state index contributed by atoms with van der Waals surface area (Å²) in [5.41, 5.74) is 10.5. The first-order chi connectivity index (χ1) is 26.2. The van der Waals surface area contributed by atoms with Crippen molar-refractivity contribution in [2.45, 2.75) is 73.4 Å². The lowest BCUT2D eigenvalue weighted by Crippen LogP contribution is -2.43. The molecule has 0 unspecified atom stereocenters. The van der Waals surface area contributed by atoms with Crippen LogP contribution in [0.15, 0.2) is 42.5 Å². The number of amides is 1. The highest BCUT2D eigenvalue weighted by Gasteiger charge is 2.38. The van der Waals surface area contributed by atoms with E-state index in [1.54, 1.807) is 13.2 Å². The van der Waals surface area contributed by atoms with Gasteiger partial charge in [-0.1, -0.05) is 29.3 Å². The van der Waals surface area contributed by atoms with E-state index in [0.717, 1.165) is 77.3 Å². The van der Waals surface area contributed by atoms with Crippen LogP contribution in [0.2, 0.25) is 10.0 Å². The summed E-state index contributed by atoms with van der Waals surface area (Å²) in [7, 11) is 3.56. The molecule has 1 aliphatic heterocycles. The molecule has 0 saturated carbocycles. The van der Waals surface area contributed by atoms with Gasteiger partial charge in [-0.2, -0.15) is 5.10 Å². The molecule has 1 atom stereocenters. The van der Waals surface area contributed by atoms with Gasteiger partial charge in [-0.25, -0.2) is 4.79 Å². The number of hydrogen-bond acceptors (Lipinski definition) is 5. The fraction of sp³-hybridized carbons (Fsp3) is 0.372. The quantitative estimate of drug-likeness (QED) is 0.124. The fourth-order valence-electron chi connectivity index (χ4n) is 8.46. The lowest BCUT2D eigenvalue weighted by atomic mass is 9.98. The molecule has 0 radical (unpaired) electrons. The van der Waals surface area contributed by atoms with Crippen molar-refractivity contribution in [3.8, 4) is 16.9 Å². The van der Waals surface area contributed by atoms with Crippen LogP contribution in [-0.2, 0) is 24.8 Å². The average Bonchev–Trinajstić information content (AvgIpc) is 3.75. The maximum absolute atomic E-state index is 15.3. The van der Waals surface area contributed by atoms with Crippen molar-refractivity contribution in [3.05, 3.63) is 97.5 Å². The second-order valence-electron chi connectivity index (χ2n) is 14.8. The van der Waals surface area contributed by atoms with E-state index in [1.165, 1.54) is 0 Å². The molecule has 1 aliphatic rings. The van der Waals surface area contributed by atoms with Crippen molar-refractivity contribution < 1.29 is 24.2 Å². The van der Waals surface area contributed by atoms with E-state index in [-0.39, 0.29) is 17.6 Å². The molecule has 6 aromatic rings. The molecule has 3 aromatic heterocycles. The number of aryl methyl sites for hydroxylation is 7. The number of halogens is 2. The van der Waals surface area contributed by atoms with Crippen LogP contribution in [-0.4, -0.2) is 62.8 Å². The zero-order chi connectivity index (χ0) is 39.5. The van der Waals surface area contributed by atoms with E-state index in [9.17, 15) is 9.90 Å². The number of aromatic nitrogens is 4. The summed E-state index contributed by atoms with van der Waals surface area (Å²) in [5.74, 6) is -0.410. The smallest absolute Gasteiger partial charge is 0.352 e. The molecule has 0 aliphatic carbocycles. The fourth-order valence-corrected chi connectivity index (χ4v) is 8.81. The molecule has 288 valence electrons. The van der Waals surface area contributed by atoms with Crippen molar-refractivity contribution in [2.24, 2.45) is 7.05 Å². The standard InChI is InChI=1S/C43H47Cl2N5O5/c1-23-17-29-21-35(43(52)53)48(14-10-15-54-8)39(29)34(18-23)49-22-26(4)50-40-32(12-13-33(44)37(40)36-27(5)46-47(7)28(36)6)31(41(50)42(49)51)11-9-16-55-30-19-24(2)38(45)25(3)20-30/h12-13,17-21,26H,9-11,14-16,22H2,1-8H3,(H,52,53)/t26-/m1/s1. The zero-order valence-electron chi connectivity index (χ0n) is 32.6. The van der Waals surface area contributed by atoms with Crippen molar-refractivity contribution in [3.63, 3.8) is 0 Å². The Bertz CT molecular complexity index is 2490. The summed E-state index contributed by atoms with van der Waals surface area (Å²) in [6.45, 7) is 13.8. The van der Waals surface area contributed by atoms with E-state index in [2.05, 4.69) is 11.5 Å². The second kappa shape index (κ2) is 15.0. The molecule has 10 nitrogen and oxygen atoms in total. The Kier molecular flexibility index (Phi) is 10.5. The maximum atomic E-state index is 15.3. The first-order valence-electron chi connectivity index (χ1n) is 18.7. The minimum absolute atomic E-state index is 0.149. The van der Waals surface area contributed by atoms with Gasteiger partial charge in [-0.15, -0.1) is 0 Å². The van der Waals surface area contributed by atoms with Gasteiger partial charge in [-0.3, -0.25) is 9.48 Å². The highest BCUT2D eigenvalue weighted by Crippen LogP contribution is 2.46. The number of nitrogens with zero attached hydrogens (tertiary/aromatic N) is 5. The van der Waals surface area contributed by atoms with Crippen LogP contribution >= 0.6 is 23.2 Å². The molecule has 1 amide bonds. The van der Waals surface area contributed by atoms with Gasteiger partial charge in [0, 0.05) is 72.5 Å². The molecule has 0 fully saturated rings. The molecule has 0 bridgehead atoms. The Labute approximate surface area is 331 Å². The van der Waals surface area contributed by atoms with Gasteiger partial charge < -0.3 is 28.6 Å². The Hall–Kier alpha value is -4.77. The molecule has 1 N–H and O–H groups in total. The third kappa shape index (κ3) is 6.68. The van der Waals surface area contributed by atoms with Crippen LogP contribution in [0.25, 0.3) is 32.9 Å². The van der Waals surface area contributed by atoms with Crippen molar-refractivity contribution in [1.29, 1.82) is 0 Å². The van der Waals surface area contributed by atoms with E-state index < -0.39 is 5.97 Å². The van der Waals surface area contributed by atoms with Gasteiger partial charge in [0.1, 0.15) is 17.1 Å². The number of benzene rings is 3. The number of fused-ring (bicyclic) bond motifs is 4. The van der Waals surface area contributed by atoms with E-state index in [0.29, 0.717) is 62.0 Å². The summed E-state index contributed by atoms with van der Waals surface area (Å²) in [6, 6.07) is 13.4. The van der Waals surface area contributed by atoms with E-state index >= 15 is 4.79 Å². The van der Waals surface area contributed by atoms with Crippen LogP contribution in [0.4, 0.5) is 5.69 Å². The number of ether oxygens (including phenoxy) is 2. The topological polar surface area (TPSA) is 104 Å². The lowest BCUT2D eigenvalue weighted by Gasteiger charge is -2.35. The Morgan fingerprint density at radius 2 is 1.69 bits per heavy atom. The predicted molar refractivity (Wildman–Crippen MR) is 220 cm³/mol. The van der Waals surface area contributed by atoms with Crippen molar-refractivity contribution in [2.75, 3.05) is 31.8 Å². The van der Waals surface area contributed by atoms with Gasteiger partial charge >= 0.3 is 5.97 Å². The van der Waals surface area contributed by atoms with Crippen LogP contribution in [0.1, 0.15) is 80.4 Å². The summed E-state index contributed by atoms with van der Waals surface area (Å²) in [4.78, 5) is 29.7. The number of carboxylic acids is 1. The monoisotopic (exact) mass is 783 g/mol. The number of carbonyl (C=O) groups is 2. The molecule has 7 rings (SSSR count). The number of anilines is 1. The normalized spacial score (nSPS) is 14.4. The Morgan fingerprint density at radius 3 is 2.35 bits per heavy atom. The van der Waals surface area contributed by atoms with Gasteiger partial charge in [0.2, 0.25) is 0 Å². The van der Waals surface area contributed by atoms with Crippen molar-refractivity contribution in [1.82, 2.24) is 18.9 Å². The highest BCUT2D eigenvalue weighted by atomic mass is 35.5. The minimum atomic E-state index is -1.02. The molecule has 0 spiro atoms. The Balaban J connectivity index is 1.40. The van der Waals surface area contributed by atoms with Crippen LogP contribution < -0.4 is 9.64 Å². The summed E-state index contributed by atoms with van der Waals surface area (Å²) >= 11 is 13.6. The first kappa shape index (κ1) is 38.5. The number of aromatic carboxylic acids is 1. The Morgan fingerprint density at radius 1 is 0.964 bits per heavy atom. The molecule has 4 heterocycles. The van der Waals surface area contributed by atoms with Crippen LogP contribution in [0, 0.1) is 34.6 Å². The number of methoxy groups -OCH3 is 1. The maximum Gasteiger partial charge on any atom is 0.352 e. The molecule has 12 heteroatoms. The van der Waals surface area contributed by atoms with Gasteiger partial charge in [-0.05, 0) is 119 Å². The predicted octanol–water partition coefficient (Wildman–Crippen LogP) is 9.81. The lowest BCUT2D eigenvalue weighted by molar-refractivity contribution is 0.0684. The number of carbonyl (C=O) groups excluding carboxylic acids is 1. The van der Waals surface area contributed by atoms with Crippen LogP contribution in [0.5, 0.6) is 5.75 Å². The van der Waals surface area contributed by atoms with E-state index in [4.69, 9.17) is 37.8 Å². The third-order valence-corrected chi connectivity index (χ3v) is 11.8. The number of hydrogen-bond donors (Lipinski definition) is 1. The molecular weight excluding hydrogens is 737 g/mol. The van der Waals surface area contributed by atoms with Crippen LogP contribution in [0.3, 0.4) is 0 Å². The van der Waals surface area contributed by atoms with Gasteiger partial charge in [0.05, 0.1) is 34.0 Å². The number of carboxylic acid groups (broad SMARTS) is 1. The molecular formula is C43H47Cl2N5O5. The SMILES string of the molecule is COCCCn1c(C(=O)O)cc2cc(C)cc(N3C[C@@H](C)n4c(c(CCCOc5cc(C)c(Cl)c(C)c5)c5ccc(Cl)c(-c6c(C)nn(C)c6C)c54)C3=O)c21. The third-order valence-electron chi connectivity index (χ3n) is 10.9. The molecule has 3 aromatic carbocycles. The largest absolute Gasteiger partial charge is 0.494 e. The van der Waals surface area contributed by atoms with Crippen molar-refractivity contribution >= 4 is 62.6 Å². The van der Waals surface area contributed by atoms with Gasteiger partial charge in [0.15, 0.2) is 0 Å². The highest BCUT2D eigenvalue weighted by molar-refractivity contribution is 6.35. The molecule has 55 heavy (non-hydrogen) atoms. The van der Waals surface area contributed by atoms with E-state index in [1.807, 2.05) is 92.2 Å². The summed E-state index contributed by atoms with van der Waals surface area (Å²) < 4.78 is 17.4. The minimum Gasteiger partial charge on any atom is -0.494 e. The first-order valence-corrected chi connectivity index (χ1v) is 19.4. The summed E-state index contributed by atoms with van der Waals surface area (Å²) in [5, 5.41) is 18.1. The zero-order valence-corrected chi connectivity index (χ0v) is 34.2. The number of rotatable bonds is 12.